The van der Waals surface area contributed by atoms with E-state index in [4.69, 9.17) is 0 Å². The molecule has 176 valence electrons. The second-order valence-corrected chi connectivity index (χ2v) is 9.69. The molecule has 0 aromatic heterocycles. The summed E-state index contributed by atoms with van der Waals surface area (Å²) in [6.45, 7) is -1.16. The molecule has 2 aliphatic rings. The number of fused-ring (bicyclic) bond motifs is 2. The number of hydrogen-bond acceptors (Lipinski definition) is 1. The maximum absolute atomic E-state index is 14.8. The van der Waals surface area contributed by atoms with Crippen LogP contribution in [-0.4, -0.2) is 6.61 Å². The first-order chi connectivity index (χ1) is 15.4. The zero-order valence-corrected chi connectivity index (χ0v) is 18.5. The molecule has 2 unspecified atom stereocenters. The Balaban J connectivity index is 1.50. The number of rotatable bonds is 7. The van der Waals surface area contributed by atoms with Crippen molar-refractivity contribution >= 4 is 10.8 Å². The fourth-order valence-electron chi connectivity index (χ4n) is 6.08. The standard InChI is InChI=1S/C26H31F5O/c1-2-3-4-5-15-6-7-17-11-18(9-8-16(17)10-15)19-12-20-14-22(28)25(32-26(30)31)24(29)23(20)21(27)13-19/h12-18,26H,2-11H2,1H3/t15-,16?,17-,18?/m1/s1. The monoisotopic (exact) mass is 454 g/mol. The van der Waals surface area contributed by atoms with Crippen LogP contribution in [0.2, 0.25) is 0 Å². The Bertz CT molecular complexity index is 944. The number of hydrogen-bond donors (Lipinski definition) is 0. The van der Waals surface area contributed by atoms with Crippen LogP contribution in [-0.2, 0) is 0 Å². The number of ether oxygens (including phenoxy) is 1. The molecule has 4 atom stereocenters. The van der Waals surface area contributed by atoms with Gasteiger partial charge in [0.1, 0.15) is 5.82 Å². The zero-order chi connectivity index (χ0) is 22.8. The highest BCUT2D eigenvalue weighted by Crippen LogP contribution is 2.49. The molecule has 0 aliphatic heterocycles. The van der Waals surface area contributed by atoms with Gasteiger partial charge >= 0.3 is 6.61 Å². The molecule has 6 heteroatoms. The molecule has 4 rings (SSSR count). The molecule has 0 saturated heterocycles. The van der Waals surface area contributed by atoms with Crippen LogP contribution in [0.5, 0.6) is 5.75 Å². The van der Waals surface area contributed by atoms with Gasteiger partial charge in [-0.3, -0.25) is 0 Å². The Labute approximate surface area is 186 Å². The largest absolute Gasteiger partial charge is 0.429 e. The average Bonchev–Trinajstić information content (AvgIpc) is 2.75. The van der Waals surface area contributed by atoms with E-state index in [2.05, 4.69) is 11.7 Å². The molecule has 2 saturated carbocycles. The maximum atomic E-state index is 14.8. The van der Waals surface area contributed by atoms with E-state index in [0.29, 0.717) is 5.92 Å². The molecule has 0 radical (unpaired) electrons. The minimum atomic E-state index is -3.39. The molecule has 2 aliphatic carbocycles. The van der Waals surface area contributed by atoms with E-state index in [0.717, 1.165) is 42.7 Å². The lowest BCUT2D eigenvalue weighted by molar-refractivity contribution is -0.0544. The third-order valence-corrected chi connectivity index (χ3v) is 7.68. The van der Waals surface area contributed by atoms with Crippen LogP contribution >= 0.6 is 0 Å². The van der Waals surface area contributed by atoms with Crippen molar-refractivity contribution in [2.45, 2.75) is 83.7 Å². The van der Waals surface area contributed by atoms with Crippen LogP contribution in [0.15, 0.2) is 18.2 Å². The molecule has 0 N–H and O–H groups in total. The first-order valence-corrected chi connectivity index (χ1v) is 11.9. The SMILES string of the molecule is CCCCC[C@@H]1CC[C@@H]2CC(c3cc(F)c4c(F)c(OC(F)F)c(F)cc4c3)CCC2C1. The molecule has 0 bridgehead atoms. The molecular formula is C26H31F5O. The lowest BCUT2D eigenvalue weighted by Gasteiger charge is -2.42. The second kappa shape index (κ2) is 9.96. The van der Waals surface area contributed by atoms with Gasteiger partial charge in [0.25, 0.3) is 0 Å². The summed E-state index contributed by atoms with van der Waals surface area (Å²) in [7, 11) is 0. The van der Waals surface area contributed by atoms with Crippen molar-refractivity contribution in [2.75, 3.05) is 0 Å². The van der Waals surface area contributed by atoms with Crippen molar-refractivity contribution in [3.63, 3.8) is 0 Å². The minimum Gasteiger partial charge on any atom is -0.429 e. The molecule has 0 spiro atoms. The fraction of sp³-hybridized carbons (Fsp3) is 0.615. The quantitative estimate of drug-likeness (QED) is 0.300. The van der Waals surface area contributed by atoms with E-state index in [-0.39, 0.29) is 11.3 Å². The summed E-state index contributed by atoms with van der Waals surface area (Å²) < 4.78 is 72.5. The van der Waals surface area contributed by atoms with Crippen molar-refractivity contribution < 1.29 is 26.7 Å². The summed E-state index contributed by atoms with van der Waals surface area (Å²) in [6.07, 6.45) is 11.9. The Kier molecular flexibility index (Phi) is 7.26. The van der Waals surface area contributed by atoms with Gasteiger partial charge in [-0.05, 0) is 78.9 Å². The van der Waals surface area contributed by atoms with Crippen molar-refractivity contribution in [3.8, 4) is 5.75 Å². The van der Waals surface area contributed by atoms with Crippen molar-refractivity contribution in [3.05, 3.63) is 41.2 Å². The highest BCUT2D eigenvalue weighted by Gasteiger charge is 2.36. The summed E-state index contributed by atoms with van der Waals surface area (Å²) in [6, 6.07) is 3.78. The van der Waals surface area contributed by atoms with Crippen LogP contribution in [0.25, 0.3) is 10.8 Å². The Morgan fingerprint density at radius 1 is 0.906 bits per heavy atom. The summed E-state index contributed by atoms with van der Waals surface area (Å²) in [5.41, 5.74) is 0.736. The van der Waals surface area contributed by atoms with Gasteiger partial charge in [-0.25, -0.2) is 13.2 Å². The van der Waals surface area contributed by atoms with Gasteiger partial charge in [0.05, 0.1) is 5.39 Å². The average molecular weight is 455 g/mol. The number of halogens is 5. The van der Waals surface area contributed by atoms with Crippen LogP contribution in [0.4, 0.5) is 22.0 Å². The normalized spacial score (nSPS) is 25.8. The van der Waals surface area contributed by atoms with Gasteiger partial charge in [0, 0.05) is 0 Å². The molecule has 2 aromatic rings. The molecule has 0 heterocycles. The van der Waals surface area contributed by atoms with Gasteiger partial charge < -0.3 is 4.74 Å². The van der Waals surface area contributed by atoms with Gasteiger partial charge in [0.2, 0.25) is 0 Å². The van der Waals surface area contributed by atoms with Gasteiger partial charge in [-0.15, -0.1) is 0 Å². The van der Waals surface area contributed by atoms with E-state index in [1.165, 1.54) is 51.0 Å². The van der Waals surface area contributed by atoms with E-state index in [1.54, 1.807) is 6.07 Å². The Hall–Kier alpha value is -1.85. The maximum Gasteiger partial charge on any atom is 0.387 e. The molecule has 32 heavy (non-hydrogen) atoms. The lowest BCUT2D eigenvalue weighted by Crippen LogP contribution is -2.30. The predicted octanol–water partition coefficient (Wildman–Crippen LogP) is 8.74. The summed E-state index contributed by atoms with van der Waals surface area (Å²) >= 11 is 0. The molecule has 0 amide bonds. The molecule has 2 fully saturated rings. The third kappa shape index (κ3) is 4.89. The number of unbranched alkanes of at least 4 members (excludes halogenated alkanes) is 2. The highest BCUT2D eigenvalue weighted by molar-refractivity contribution is 5.86. The summed E-state index contributed by atoms with van der Waals surface area (Å²) in [5, 5.41) is -0.467. The van der Waals surface area contributed by atoms with Crippen LogP contribution in [0.3, 0.4) is 0 Å². The summed E-state index contributed by atoms with van der Waals surface area (Å²) in [4.78, 5) is 0. The number of benzene rings is 2. The van der Waals surface area contributed by atoms with Gasteiger partial charge in [-0.2, -0.15) is 8.78 Å². The predicted molar refractivity (Wildman–Crippen MR) is 116 cm³/mol. The second-order valence-electron chi connectivity index (χ2n) is 9.69. The topological polar surface area (TPSA) is 9.23 Å². The van der Waals surface area contributed by atoms with E-state index >= 15 is 0 Å². The van der Waals surface area contributed by atoms with Crippen LogP contribution in [0.1, 0.15) is 82.6 Å². The minimum absolute atomic E-state index is 0.0402. The fourth-order valence-corrected chi connectivity index (χ4v) is 6.08. The number of alkyl halides is 2. The van der Waals surface area contributed by atoms with Crippen LogP contribution < -0.4 is 4.74 Å². The Morgan fingerprint density at radius 2 is 1.66 bits per heavy atom. The molecule has 2 aromatic carbocycles. The van der Waals surface area contributed by atoms with Crippen LogP contribution in [0, 0.1) is 35.2 Å². The van der Waals surface area contributed by atoms with E-state index < -0.39 is 35.2 Å². The third-order valence-electron chi connectivity index (χ3n) is 7.68. The first kappa shape index (κ1) is 23.3. The van der Waals surface area contributed by atoms with Crippen molar-refractivity contribution in [1.29, 1.82) is 0 Å². The van der Waals surface area contributed by atoms with Crippen molar-refractivity contribution in [2.24, 2.45) is 17.8 Å². The van der Waals surface area contributed by atoms with Gasteiger partial charge in [0.15, 0.2) is 17.4 Å². The summed E-state index contributed by atoms with van der Waals surface area (Å²) in [5.74, 6) is -2.47. The lowest BCUT2D eigenvalue weighted by atomic mass is 9.63. The first-order valence-electron chi connectivity index (χ1n) is 11.9. The van der Waals surface area contributed by atoms with Crippen molar-refractivity contribution in [1.82, 2.24) is 0 Å². The van der Waals surface area contributed by atoms with E-state index in [1.807, 2.05) is 0 Å². The zero-order valence-electron chi connectivity index (χ0n) is 18.5. The Morgan fingerprint density at radius 3 is 2.41 bits per heavy atom. The van der Waals surface area contributed by atoms with Gasteiger partial charge in [-0.1, -0.05) is 45.1 Å². The molecular weight excluding hydrogens is 423 g/mol. The highest BCUT2D eigenvalue weighted by atomic mass is 19.3. The smallest absolute Gasteiger partial charge is 0.387 e. The molecule has 1 nitrogen and oxygen atoms in total. The van der Waals surface area contributed by atoms with E-state index in [9.17, 15) is 22.0 Å².